The molecule has 1 aromatic heterocycles. The quantitative estimate of drug-likeness (QED) is 0.210. The summed E-state index contributed by atoms with van der Waals surface area (Å²) in [6.45, 7) is 2.80. The van der Waals surface area contributed by atoms with Crippen molar-refractivity contribution in [2.24, 2.45) is 5.41 Å². The van der Waals surface area contributed by atoms with Gasteiger partial charge in [-0.05, 0) is 99.3 Å². The van der Waals surface area contributed by atoms with Crippen LogP contribution in [0, 0.1) is 11.2 Å². The van der Waals surface area contributed by atoms with Gasteiger partial charge in [-0.3, -0.25) is 4.98 Å². The molecule has 3 aromatic rings. The number of methoxy groups -OCH3 is 1. The number of hydrogen-bond acceptors (Lipinski definition) is 5. The van der Waals surface area contributed by atoms with Crippen LogP contribution in [0.2, 0.25) is 5.02 Å². The third kappa shape index (κ3) is 6.68. The molecule has 2 aromatic carbocycles. The highest BCUT2D eigenvalue weighted by Gasteiger charge is 2.35. The molecule has 36 heavy (non-hydrogen) atoms. The van der Waals surface area contributed by atoms with Crippen LogP contribution in [0.1, 0.15) is 43.8 Å². The highest BCUT2D eigenvalue weighted by atomic mass is 35.5. The standard InChI is InChI=1S/C28H33ClF2N2O2S/c1-35-21-6-7-26-23(17-21)27(24(29)18-32-26)25(31)8-9-28(19-34)10-13-33(14-11-28)12-3-15-36-22-5-2-4-20(30)16-22/h2,4-7,16-18,25,34H,3,8-15,19H2,1H3. The first-order chi connectivity index (χ1) is 17.4. The number of pyridine rings is 1. The monoisotopic (exact) mass is 534 g/mol. The summed E-state index contributed by atoms with van der Waals surface area (Å²) in [5, 5.41) is 11.2. The third-order valence-electron chi connectivity index (χ3n) is 7.25. The number of halogens is 3. The first-order valence-corrected chi connectivity index (χ1v) is 13.8. The molecule has 1 N–H and O–H groups in total. The van der Waals surface area contributed by atoms with Crippen molar-refractivity contribution in [1.82, 2.24) is 9.88 Å². The molecular formula is C28H33ClF2N2O2S. The molecule has 0 spiro atoms. The van der Waals surface area contributed by atoms with Crippen molar-refractivity contribution in [3.05, 3.63) is 65.1 Å². The minimum absolute atomic E-state index is 0.0572. The molecule has 4 rings (SSSR count). The van der Waals surface area contributed by atoms with E-state index < -0.39 is 6.17 Å². The summed E-state index contributed by atoms with van der Waals surface area (Å²) in [6, 6.07) is 12.1. The van der Waals surface area contributed by atoms with E-state index in [1.807, 2.05) is 12.1 Å². The van der Waals surface area contributed by atoms with E-state index in [1.165, 1.54) is 12.3 Å². The molecule has 2 heterocycles. The summed E-state index contributed by atoms with van der Waals surface area (Å²) in [5.74, 6) is 1.36. The minimum Gasteiger partial charge on any atom is -0.497 e. The maximum Gasteiger partial charge on any atom is 0.127 e. The van der Waals surface area contributed by atoms with E-state index in [-0.39, 0.29) is 17.8 Å². The Morgan fingerprint density at radius 1 is 1.22 bits per heavy atom. The second-order valence-corrected chi connectivity index (χ2v) is 11.1. The number of hydrogen-bond donors (Lipinski definition) is 1. The summed E-state index contributed by atoms with van der Waals surface area (Å²) < 4.78 is 34.2. The van der Waals surface area contributed by atoms with E-state index in [4.69, 9.17) is 16.3 Å². The van der Waals surface area contributed by atoms with Gasteiger partial charge in [-0.2, -0.15) is 0 Å². The molecule has 0 aliphatic carbocycles. The van der Waals surface area contributed by atoms with Crippen molar-refractivity contribution in [3.8, 4) is 5.75 Å². The zero-order valence-corrected chi connectivity index (χ0v) is 22.1. The number of thioether (sulfide) groups is 1. The second kappa shape index (κ2) is 12.5. The fraction of sp³-hybridized carbons (Fsp3) is 0.464. The van der Waals surface area contributed by atoms with Gasteiger partial charge in [0.25, 0.3) is 0 Å². The van der Waals surface area contributed by atoms with Crippen LogP contribution in [0.4, 0.5) is 8.78 Å². The number of ether oxygens (including phenoxy) is 1. The largest absolute Gasteiger partial charge is 0.497 e. The summed E-state index contributed by atoms with van der Waals surface area (Å²) in [4.78, 5) is 7.68. The lowest BCUT2D eigenvalue weighted by molar-refractivity contribution is 0.0304. The number of aliphatic hydroxyl groups is 1. The number of likely N-dealkylation sites (tertiary alicyclic amines) is 1. The van der Waals surface area contributed by atoms with E-state index >= 15 is 4.39 Å². The second-order valence-electron chi connectivity index (χ2n) is 9.57. The number of aliphatic hydroxyl groups excluding tert-OH is 1. The predicted octanol–water partition coefficient (Wildman–Crippen LogP) is 7.08. The summed E-state index contributed by atoms with van der Waals surface area (Å²) >= 11 is 8.06. The summed E-state index contributed by atoms with van der Waals surface area (Å²) in [5.41, 5.74) is 0.852. The Kier molecular flexibility index (Phi) is 9.45. The Hall–Kier alpha value is -1.93. The van der Waals surface area contributed by atoms with Crippen LogP contribution in [0.15, 0.2) is 53.6 Å². The van der Waals surface area contributed by atoms with Gasteiger partial charge in [0.05, 0.1) is 17.6 Å². The molecule has 0 bridgehead atoms. The topological polar surface area (TPSA) is 45.6 Å². The molecule has 1 fully saturated rings. The van der Waals surface area contributed by atoms with Crippen LogP contribution in [0.5, 0.6) is 5.75 Å². The molecule has 194 valence electrons. The molecule has 1 aliphatic heterocycles. The van der Waals surface area contributed by atoms with Crippen molar-refractivity contribution >= 4 is 34.3 Å². The Morgan fingerprint density at radius 3 is 2.75 bits per heavy atom. The SMILES string of the molecule is COc1ccc2ncc(Cl)c(C(F)CCC3(CO)CCN(CCCSc4cccc(F)c4)CC3)c2c1. The molecule has 1 atom stereocenters. The van der Waals surface area contributed by atoms with Crippen LogP contribution in [-0.2, 0) is 0 Å². The van der Waals surface area contributed by atoms with E-state index in [1.54, 1.807) is 43.1 Å². The number of nitrogens with zero attached hydrogens (tertiary/aromatic N) is 2. The average molecular weight is 535 g/mol. The van der Waals surface area contributed by atoms with Crippen LogP contribution >= 0.6 is 23.4 Å². The minimum atomic E-state index is -1.25. The fourth-order valence-electron chi connectivity index (χ4n) is 4.96. The molecule has 0 amide bonds. The van der Waals surface area contributed by atoms with Gasteiger partial charge in [0, 0.05) is 28.6 Å². The lowest BCUT2D eigenvalue weighted by atomic mass is 9.74. The molecular weight excluding hydrogens is 502 g/mol. The van der Waals surface area contributed by atoms with Gasteiger partial charge < -0.3 is 14.7 Å². The molecule has 0 radical (unpaired) electrons. The van der Waals surface area contributed by atoms with Gasteiger partial charge in [0.15, 0.2) is 0 Å². The maximum atomic E-state index is 15.6. The molecule has 1 aliphatic rings. The molecule has 4 nitrogen and oxygen atoms in total. The highest BCUT2D eigenvalue weighted by Crippen LogP contribution is 2.42. The van der Waals surface area contributed by atoms with Gasteiger partial charge in [0.2, 0.25) is 0 Å². The Morgan fingerprint density at radius 2 is 2.03 bits per heavy atom. The molecule has 1 saturated heterocycles. The van der Waals surface area contributed by atoms with E-state index in [2.05, 4.69) is 9.88 Å². The number of piperidine rings is 1. The van der Waals surface area contributed by atoms with Crippen molar-refractivity contribution in [1.29, 1.82) is 0 Å². The van der Waals surface area contributed by atoms with Crippen molar-refractivity contribution in [2.45, 2.75) is 43.2 Å². The van der Waals surface area contributed by atoms with Crippen LogP contribution in [0.25, 0.3) is 10.9 Å². The number of alkyl halides is 1. The van der Waals surface area contributed by atoms with Gasteiger partial charge in [-0.25, -0.2) is 8.78 Å². The van der Waals surface area contributed by atoms with E-state index in [0.29, 0.717) is 40.1 Å². The van der Waals surface area contributed by atoms with Gasteiger partial charge in [-0.1, -0.05) is 17.7 Å². The Balaban J connectivity index is 1.29. The maximum absolute atomic E-state index is 15.6. The number of rotatable bonds is 11. The van der Waals surface area contributed by atoms with Crippen molar-refractivity contribution in [3.63, 3.8) is 0 Å². The molecule has 8 heteroatoms. The van der Waals surface area contributed by atoms with Crippen LogP contribution in [0.3, 0.4) is 0 Å². The van der Waals surface area contributed by atoms with Crippen molar-refractivity contribution < 1.29 is 18.6 Å². The lowest BCUT2D eigenvalue weighted by Gasteiger charge is -2.41. The first kappa shape index (κ1) is 27.1. The number of benzene rings is 2. The summed E-state index contributed by atoms with van der Waals surface area (Å²) in [6.07, 6.45) is 3.83. The highest BCUT2D eigenvalue weighted by molar-refractivity contribution is 7.99. The van der Waals surface area contributed by atoms with Crippen LogP contribution in [-0.4, -0.2) is 54.1 Å². The zero-order valence-electron chi connectivity index (χ0n) is 20.6. The predicted molar refractivity (Wildman–Crippen MR) is 143 cm³/mol. The Bertz CT molecular complexity index is 1160. The van der Waals surface area contributed by atoms with Gasteiger partial charge in [0.1, 0.15) is 17.7 Å². The number of fused-ring (bicyclic) bond motifs is 1. The first-order valence-electron chi connectivity index (χ1n) is 12.4. The van der Waals surface area contributed by atoms with E-state index in [0.717, 1.165) is 49.5 Å². The average Bonchev–Trinajstić information content (AvgIpc) is 2.90. The van der Waals surface area contributed by atoms with Gasteiger partial charge >= 0.3 is 0 Å². The van der Waals surface area contributed by atoms with Crippen LogP contribution < -0.4 is 4.74 Å². The van der Waals surface area contributed by atoms with E-state index in [9.17, 15) is 9.50 Å². The van der Waals surface area contributed by atoms with Crippen molar-refractivity contribution in [2.75, 3.05) is 39.1 Å². The number of aromatic nitrogens is 1. The summed E-state index contributed by atoms with van der Waals surface area (Å²) in [7, 11) is 1.58. The Labute approximate surface area is 221 Å². The molecule has 0 saturated carbocycles. The zero-order chi connectivity index (χ0) is 25.5. The normalized spacial score (nSPS) is 16.8. The fourth-order valence-corrected chi connectivity index (χ4v) is 6.11. The lowest BCUT2D eigenvalue weighted by Crippen LogP contribution is -2.42. The third-order valence-corrected chi connectivity index (χ3v) is 8.63. The van der Waals surface area contributed by atoms with Gasteiger partial charge in [-0.15, -0.1) is 11.8 Å². The molecule has 1 unspecified atom stereocenters. The smallest absolute Gasteiger partial charge is 0.127 e.